The fourth-order valence-corrected chi connectivity index (χ4v) is 6.76. The highest BCUT2D eigenvalue weighted by Gasteiger charge is 2.66. The Hall–Kier alpha value is -3.48. The molecule has 0 N–H and O–H groups in total. The van der Waals surface area contributed by atoms with Gasteiger partial charge in [-0.3, -0.25) is 0 Å². The Morgan fingerprint density at radius 3 is 2.00 bits per heavy atom. The van der Waals surface area contributed by atoms with Gasteiger partial charge in [-0.25, -0.2) is 13.2 Å². The Morgan fingerprint density at radius 1 is 0.958 bits per heavy atom. The standard InChI is InChI=1S/C35H37F5N2S2.C2H6.C2H4/c1-7-41(8-2)27-17-13-25(14-18-27)31(43-9-3)12-10-11-30(33(5,36)35(39,40)34(6,37)38)29-23-32(44-24(29)4)26-15-19-28(20-16-26)42-21-22-42;2*1-2/h3,11-20,23H,7-8,10,21-22H2,1-2,4-6H3;1-2H3;1-2H2/b30-11+,31-12-;;. The van der Waals surface area contributed by atoms with Crippen molar-refractivity contribution in [2.75, 3.05) is 36.0 Å². The predicted octanol–water partition coefficient (Wildman–Crippen LogP) is 12.4. The molecule has 2 aromatic carbocycles. The van der Waals surface area contributed by atoms with Gasteiger partial charge in [0.2, 0.25) is 5.67 Å². The molecule has 1 fully saturated rings. The monoisotopic (exact) mass is 702 g/mol. The van der Waals surface area contributed by atoms with Crippen molar-refractivity contribution in [2.24, 2.45) is 0 Å². The highest BCUT2D eigenvalue weighted by molar-refractivity contribution is 8.12. The maximum atomic E-state index is 16.3. The second-order valence-corrected chi connectivity index (χ2v) is 13.1. The van der Waals surface area contributed by atoms with Gasteiger partial charge >= 0.3 is 11.8 Å². The number of terminal acetylenes is 1. The lowest BCUT2D eigenvalue weighted by Crippen LogP contribution is -2.53. The smallest absolute Gasteiger partial charge is 0.346 e. The highest BCUT2D eigenvalue weighted by atomic mass is 32.2. The second-order valence-electron chi connectivity index (χ2n) is 10.9. The normalized spacial score (nSPS) is 14.5. The van der Waals surface area contributed by atoms with Crippen LogP contribution in [0.5, 0.6) is 0 Å². The number of alkyl halides is 5. The number of allylic oxidation sites excluding steroid dienone is 3. The number of aryl methyl sites for hydroxylation is 1. The van der Waals surface area contributed by atoms with Crippen LogP contribution in [0.4, 0.5) is 33.3 Å². The zero-order valence-corrected chi connectivity index (χ0v) is 30.6. The molecule has 0 spiro atoms. The van der Waals surface area contributed by atoms with Gasteiger partial charge in [-0.2, -0.15) is 8.78 Å². The molecular weight excluding hydrogens is 656 g/mol. The number of anilines is 2. The van der Waals surface area contributed by atoms with Crippen LogP contribution in [0, 0.1) is 18.6 Å². The van der Waals surface area contributed by atoms with Crippen LogP contribution < -0.4 is 9.80 Å². The number of rotatable bonds is 13. The van der Waals surface area contributed by atoms with Crippen molar-refractivity contribution in [3.63, 3.8) is 0 Å². The van der Waals surface area contributed by atoms with E-state index in [1.807, 2.05) is 62.4 Å². The maximum absolute atomic E-state index is 16.3. The minimum absolute atomic E-state index is 0.00281. The molecule has 2 heterocycles. The molecule has 0 amide bonds. The number of hydrogen-bond acceptors (Lipinski definition) is 4. The van der Waals surface area contributed by atoms with Crippen LogP contribution in [-0.4, -0.2) is 43.7 Å². The fourth-order valence-electron chi connectivity index (χ4n) is 5.16. The van der Waals surface area contributed by atoms with E-state index in [0.29, 0.717) is 16.7 Å². The maximum Gasteiger partial charge on any atom is 0.346 e. The average Bonchev–Trinajstić information content (AvgIpc) is 3.86. The van der Waals surface area contributed by atoms with Crippen molar-refractivity contribution >= 4 is 45.0 Å². The summed E-state index contributed by atoms with van der Waals surface area (Å²) in [6, 6.07) is 17.2. The van der Waals surface area contributed by atoms with Gasteiger partial charge in [0.25, 0.3) is 0 Å². The van der Waals surface area contributed by atoms with Crippen LogP contribution in [0.25, 0.3) is 20.9 Å². The first-order valence-corrected chi connectivity index (χ1v) is 17.7. The molecule has 1 aromatic heterocycles. The van der Waals surface area contributed by atoms with E-state index < -0.39 is 23.1 Å². The van der Waals surface area contributed by atoms with Gasteiger partial charge in [-0.05, 0) is 104 Å². The van der Waals surface area contributed by atoms with Crippen LogP contribution in [0.3, 0.4) is 0 Å². The first kappa shape index (κ1) is 40.7. The van der Waals surface area contributed by atoms with Gasteiger partial charge in [-0.1, -0.05) is 50.3 Å². The molecule has 1 aliphatic heterocycles. The van der Waals surface area contributed by atoms with Crippen molar-refractivity contribution in [3.05, 3.63) is 95.9 Å². The Bertz CT molecular complexity index is 1550. The van der Waals surface area contributed by atoms with Crippen molar-refractivity contribution in [1.82, 2.24) is 0 Å². The summed E-state index contributed by atoms with van der Waals surface area (Å²) in [5.74, 6) is -9.57. The van der Waals surface area contributed by atoms with Crippen LogP contribution in [0.2, 0.25) is 0 Å². The van der Waals surface area contributed by atoms with Gasteiger partial charge in [0.15, 0.2) is 0 Å². The molecule has 0 aliphatic carbocycles. The third kappa shape index (κ3) is 9.35. The molecule has 48 heavy (non-hydrogen) atoms. The summed E-state index contributed by atoms with van der Waals surface area (Å²) in [6.45, 7) is 20.1. The minimum atomic E-state index is -4.97. The van der Waals surface area contributed by atoms with E-state index in [9.17, 15) is 8.78 Å². The first-order chi connectivity index (χ1) is 22.7. The Morgan fingerprint density at radius 2 is 1.52 bits per heavy atom. The van der Waals surface area contributed by atoms with Crippen molar-refractivity contribution in [3.8, 4) is 22.1 Å². The molecular formula is C39H47F5N2S2. The summed E-state index contributed by atoms with van der Waals surface area (Å²) < 4.78 is 75.0. The van der Waals surface area contributed by atoms with Crippen LogP contribution in [0.15, 0.2) is 79.9 Å². The summed E-state index contributed by atoms with van der Waals surface area (Å²) in [4.78, 5) is 6.34. The predicted molar refractivity (Wildman–Crippen MR) is 201 cm³/mol. The molecule has 1 saturated heterocycles. The number of thioether (sulfide) groups is 1. The van der Waals surface area contributed by atoms with E-state index in [1.165, 1.54) is 17.4 Å². The molecule has 9 heteroatoms. The van der Waals surface area contributed by atoms with E-state index in [1.54, 1.807) is 19.1 Å². The minimum Gasteiger partial charge on any atom is -0.372 e. The zero-order valence-electron chi connectivity index (χ0n) is 29.0. The highest BCUT2D eigenvalue weighted by Crippen LogP contribution is 2.52. The molecule has 1 atom stereocenters. The van der Waals surface area contributed by atoms with E-state index >= 15 is 13.2 Å². The van der Waals surface area contributed by atoms with Gasteiger partial charge in [0.1, 0.15) is 0 Å². The number of thiophene rings is 1. The summed E-state index contributed by atoms with van der Waals surface area (Å²) in [5, 5.41) is 2.54. The molecule has 4 rings (SSSR count). The number of nitrogens with zero attached hydrogens (tertiary/aromatic N) is 2. The quantitative estimate of drug-likeness (QED) is 0.0758. The molecule has 1 aliphatic rings. The van der Waals surface area contributed by atoms with E-state index in [-0.39, 0.29) is 18.9 Å². The molecule has 0 saturated carbocycles. The van der Waals surface area contributed by atoms with Crippen LogP contribution in [0.1, 0.15) is 64.0 Å². The van der Waals surface area contributed by atoms with Gasteiger partial charge in [0.05, 0.1) is 0 Å². The van der Waals surface area contributed by atoms with Crippen molar-refractivity contribution in [2.45, 2.75) is 72.4 Å². The topological polar surface area (TPSA) is 6.25 Å². The third-order valence-electron chi connectivity index (χ3n) is 7.89. The van der Waals surface area contributed by atoms with Gasteiger partial charge in [0, 0.05) is 59.1 Å². The summed E-state index contributed by atoms with van der Waals surface area (Å²) in [7, 11) is 0. The lowest BCUT2D eigenvalue weighted by atomic mass is 9.82. The molecule has 2 nitrogen and oxygen atoms in total. The molecule has 0 radical (unpaired) electrons. The SMILES string of the molecule is C#CS/C(=C\C/C=C(\c1cc(-c2ccc(N3CC3)cc2)sc1C)C(C)(F)C(F)(F)C(C)(F)F)c1ccc(N(CC)CC)cc1.C=C.CC. The molecule has 1 unspecified atom stereocenters. The summed E-state index contributed by atoms with van der Waals surface area (Å²) in [5.41, 5.74) is -0.198. The summed E-state index contributed by atoms with van der Waals surface area (Å²) >= 11 is 2.42. The molecule has 0 bridgehead atoms. The van der Waals surface area contributed by atoms with Gasteiger partial charge < -0.3 is 9.80 Å². The number of halogens is 5. The van der Waals surface area contributed by atoms with E-state index in [4.69, 9.17) is 6.42 Å². The average molecular weight is 703 g/mol. The number of benzene rings is 2. The van der Waals surface area contributed by atoms with Crippen LogP contribution >= 0.6 is 23.1 Å². The third-order valence-corrected chi connectivity index (χ3v) is 9.73. The Labute approximate surface area is 292 Å². The zero-order chi connectivity index (χ0) is 36.3. The molecule has 260 valence electrons. The fraction of sp³-hybridized carbons (Fsp3) is 0.385. The van der Waals surface area contributed by atoms with E-state index in [0.717, 1.165) is 65.3 Å². The molecule has 3 aromatic rings. The lowest BCUT2D eigenvalue weighted by Gasteiger charge is -2.36. The van der Waals surface area contributed by atoms with E-state index in [2.05, 4.69) is 42.1 Å². The summed E-state index contributed by atoms with van der Waals surface area (Å²) in [6.07, 6.45) is 8.59. The van der Waals surface area contributed by atoms with Crippen molar-refractivity contribution in [1.29, 1.82) is 0 Å². The largest absolute Gasteiger partial charge is 0.372 e. The second kappa shape index (κ2) is 17.8. The Balaban J connectivity index is 0.00000193. The lowest BCUT2D eigenvalue weighted by molar-refractivity contribution is -0.243. The first-order valence-electron chi connectivity index (χ1n) is 16.0. The van der Waals surface area contributed by atoms with Crippen molar-refractivity contribution < 1.29 is 22.0 Å². The Kier molecular flexibility index (Phi) is 15.1. The number of hydrogen-bond donors (Lipinski definition) is 0. The van der Waals surface area contributed by atoms with Crippen LogP contribution in [-0.2, 0) is 0 Å². The van der Waals surface area contributed by atoms with Gasteiger partial charge in [-0.15, -0.1) is 30.9 Å².